The Morgan fingerprint density at radius 3 is 2.58 bits per heavy atom. The number of thiazole rings is 1. The highest BCUT2D eigenvalue weighted by atomic mass is 32.2. The van der Waals surface area contributed by atoms with E-state index in [-0.39, 0.29) is 24.3 Å². The average molecular weight is 634 g/mol. The number of anilines is 2. The molecule has 0 unspecified atom stereocenters. The number of hydrogen-bond acceptors (Lipinski definition) is 18. The summed E-state index contributed by atoms with van der Waals surface area (Å²) in [6.07, 6.45) is 0.668. The number of fused-ring (bicyclic) bond motifs is 1. The highest BCUT2D eigenvalue weighted by Gasteiger charge is 2.18. The minimum Gasteiger partial charge on any atom is -0.369 e. The molecule has 0 amide bonds. The molecule has 2 heterocycles. The molecule has 3 aromatic rings. The number of azo groups is 1. The van der Waals surface area contributed by atoms with Crippen LogP contribution in [0.1, 0.15) is 24.0 Å². The van der Waals surface area contributed by atoms with Gasteiger partial charge in [-0.1, -0.05) is 21.4 Å². The van der Waals surface area contributed by atoms with Gasteiger partial charge >= 0.3 is 0 Å². The van der Waals surface area contributed by atoms with Crippen LogP contribution in [0.15, 0.2) is 33.3 Å². The first-order valence-corrected chi connectivity index (χ1v) is 15.3. The zero-order valence-electron chi connectivity index (χ0n) is 20.6. The number of hydrogen-bond donors (Lipinski definition) is 5. The van der Waals surface area contributed by atoms with Crippen molar-refractivity contribution < 1.29 is 42.2 Å². The topological polar surface area (TPSA) is 230 Å². The van der Waals surface area contributed by atoms with E-state index in [1.54, 1.807) is 25.1 Å². The largest absolute Gasteiger partial charge is 0.369 e. The molecule has 20 heteroatoms. The molecule has 0 atom stereocenters. The van der Waals surface area contributed by atoms with Crippen molar-refractivity contribution in [2.75, 3.05) is 35.2 Å². The summed E-state index contributed by atoms with van der Waals surface area (Å²) in [5.41, 5.74) is 1.61. The molecule has 1 aromatic carbocycles. The van der Waals surface area contributed by atoms with Gasteiger partial charge in [0.1, 0.15) is 17.6 Å². The predicted molar refractivity (Wildman–Crippen MR) is 148 cm³/mol. The Hall–Kier alpha value is -2.68. The first-order chi connectivity index (χ1) is 19.3. The van der Waals surface area contributed by atoms with Gasteiger partial charge in [0.15, 0.2) is 5.82 Å². The number of rotatable bonds is 17. The van der Waals surface area contributed by atoms with Gasteiger partial charge in [-0.2, -0.15) is 13.7 Å². The van der Waals surface area contributed by atoms with Gasteiger partial charge in [0.2, 0.25) is 5.13 Å². The molecule has 5 N–H and O–H groups in total. The van der Waals surface area contributed by atoms with E-state index in [9.17, 15) is 13.7 Å². The third kappa shape index (κ3) is 9.75. The molecule has 0 aliphatic carbocycles. The number of nitriles is 1. The average Bonchev–Trinajstić information content (AvgIpc) is 3.33. The first-order valence-electron chi connectivity index (χ1n) is 11.2. The summed E-state index contributed by atoms with van der Waals surface area (Å²) < 4.78 is 40.5. The summed E-state index contributed by atoms with van der Waals surface area (Å²) in [4.78, 5) is 9.58. The third-order valence-corrected chi connectivity index (χ3v) is 7.81. The Kier molecular flexibility index (Phi) is 12.7. The van der Waals surface area contributed by atoms with Crippen molar-refractivity contribution in [3.05, 3.63) is 29.3 Å². The zero-order chi connectivity index (χ0) is 29.0. The van der Waals surface area contributed by atoms with Crippen molar-refractivity contribution >= 4 is 78.2 Å². The molecule has 0 bridgehead atoms. The standard InChI is InChI=1S/C20H23N7O9S4/c1-12-14(11-21)18(22-7-3-9-40(30,31)32)25-19(23-6-2-8-37-35-33-28)17(12)26-27-20-24-15-5-4-13(39-36-34-29)10-16(15)38-20/h4-5,10,28-29H,2-3,6-9H2,1H3,(H2,22,23,25)(H,30,31,32). The zero-order valence-corrected chi connectivity index (χ0v) is 23.9. The molecule has 40 heavy (non-hydrogen) atoms. The molecular weight excluding hydrogens is 611 g/mol. The van der Waals surface area contributed by atoms with E-state index >= 15 is 0 Å². The number of nitrogens with zero attached hydrogens (tertiary/aromatic N) is 5. The van der Waals surface area contributed by atoms with Crippen LogP contribution in [0, 0.1) is 18.3 Å². The molecule has 0 saturated carbocycles. The van der Waals surface area contributed by atoms with Crippen molar-refractivity contribution in [1.29, 1.82) is 5.26 Å². The van der Waals surface area contributed by atoms with Crippen molar-refractivity contribution in [2.24, 2.45) is 10.2 Å². The van der Waals surface area contributed by atoms with Gasteiger partial charge in [-0.05, 0) is 38.0 Å². The second-order valence-corrected chi connectivity index (χ2v) is 11.8. The first kappa shape index (κ1) is 31.8. The SMILES string of the molecule is Cc1c(C#N)c(NCCCS(=O)(=O)O)nc(NCCCSOOO)c1N=Nc1nc2ccc(SOOO)cc2s1. The highest BCUT2D eigenvalue weighted by Crippen LogP contribution is 2.37. The highest BCUT2D eigenvalue weighted by molar-refractivity contribution is 7.94. The summed E-state index contributed by atoms with van der Waals surface area (Å²) in [6.45, 7) is 2.22. The van der Waals surface area contributed by atoms with Crippen LogP contribution in [0.25, 0.3) is 10.2 Å². The second-order valence-electron chi connectivity index (χ2n) is 7.63. The van der Waals surface area contributed by atoms with Crippen molar-refractivity contribution in [3.8, 4) is 6.07 Å². The van der Waals surface area contributed by atoms with Gasteiger partial charge in [-0.3, -0.25) is 4.55 Å². The normalized spacial score (nSPS) is 11.8. The van der Waals surface area contributed by atoms with Gasteiger partial charge in [-0.15, -0.1) is 18.9 Å². The van der Waals surface area contributed by atoms with E-state index < -0.39 is 15.9 Å². The number of benzene rings is 1. The van der Waals surface area contributed by atoms with Crippen LogP contribution in [-0.4, -0.2) is 58.0 Å². The molecule has 3 rings (SSSR count). The minimum absolute atomic E-state index is 0.0930. The van der Waals surface area contributed by atoms with Gasteiger partial charge in [0, 0.05) is 41.3 Å². The van der Waals surface area contributed by atoms with Crippen LogP contribution < -0.4 is 10.6 Å². The van der Waals surface area contributed by atoms with Crippen molar-refractivity contribution in [2.45, 2.75) is 24.7 Å². The Bertz CT molecular complexity index is 1460. The van der Waals surface area contributed by atoms with E-state index in [2.05, 4.69) is 55.6 Å². The molecule has 216 valence electrons. The fourth-order valence-corrected chi connectivity index (χ4v) is 5.38. The lowest BCUT2D eigenvalue weighted by atomic mass is 10.1. The van der Waals surface area contributed by atoms with Crippen LogP contribution in [0.2, 0.25) is 0 Å². The molecule has 0 saturated heterocycles. The second kappa shape index (κ2) is 15.9. The number of nitrogens with one attached hydrogen (secondary N) is 2. The maximum absolute atomic E-state index is 11.0. The van der Waals surface area contributed by atoms with E-state index in [1.165, 1.54) is 11.3 Å². The summed E-state index contributed by atoms with van der Waals surface area (Å²) in [7, 11) is -4.12. The van der Waals surface area contributed by atoms with Gasteiger partial charge < -0.3 is 10.6 Å². The van der Waals surface area contributed by atoms with E-state index in [0.717, 1.165) is 28.8 Å². The third-order valence-electron chi connectivity index (χ3n) is 4.92. The molecule has 0 spiro atoms. The molecule has 0 radical (unpaired) electrons. The van der Waals surface area contributed by atoms with Crippen LogP contribution >= 0.6 is 35.4 Å². The maximum atomic E-state index is 11.0. The molecule has 2 aromatic heterocycles. The van der Waals surface area contributed by atoms with Gasteiger partial charge in [-0.25, -0.2) is 20.5 Å². The Labute approximate surface area is 240 Å². The van der Waals surface area contributed by atoms with Crippen LogP contribution in [-0.2, 0) is 28.9 Å². The summed E-state index contributed by atoms with van der Waals surface area (Å²) in [5, 5.41) is 48.6. The monoisotopic (exact) mass is 633 g/mol. The van der Waals surface area contributed by atoms with E-state index in [1.807, 2.05) is 0 Å². The van der Waals surface area contributed by atoms with Crippen LogP contribution in [0.4, 0.5) is 22.5 Å². The fourth-order valence-electron chi connectivity index (χ4n) is 3.19. The predicted octanol–water partition coefficient (Wildman–Crippen LogP) is 5.28. The smallest absolute Gasteiger partial charge is 0.264 e. The minimum atomic E-state index is -4.12. The fraction of sp³-hybridized carbons (Fsp3) is 0.350. The Balaban J connectivity index is 1.87. The maximum Gasteiger partial charge on any atom is 0.264 e. The van der Waals surface area contributed by atoms with Gasteiger partial charge in [0.25, 0.3) is 10.1 Å². The Morgan fingerprint density at radius 1 is 1.10 bits per heavy atom. The van der Waals surface area contributed by atoms with Crippen LogP contribution in [0.5, 0.6) is 0 Å². The number of pyridine rings is 1. The van der Waals surface area contributed by atoms with Crippen molar-refractivity contribution in [1.82, 2.24) is 9.97 Å². The molecule has 0 aliphatic heterocycles. The Morgan fingerprint density at radius 2 is 1.85 bits per heavy atom. The quantitative estimate of drug-likeness (QED) is 0.0318. The van der Waals surface area contributed by atoms with E-state index in [4.69, 9.17) is 15.1 Å². The van der Waals surface area contributed by atoms with Crippen molar-refractivity contribution in [3.63, 3.8) is 0 Å². The van der Waals surface area contributed by atoms with Crippen LogP contribution in [0.3, 0.4) is 0 Å². The lowest BCUT2D eigenvalue weighted by Crippen LogP contribution is -2.13. The molecule has 0 fully saturated rings. The van der Waals surface area contributed by atoms with E-state index in [0.29, 0.717) is 51.3 Å². The number of aromatic nitrogens is 2. The summed E-state index contributed by atoms with van der Waals surface area (Å²) in [6, 6.07) is 7.33. The summed E-state index contributed by atoms with van der Waals surface area (Å²) >= 11 is 2.97. The summed E-state index contributed by atoms with van der Waals surface area (Å²) in [5.74, 6) is 0.548. The lowest BCUT2D eigenvalue weighted by molar-refractivity contribution is -0.432. The molecular formula is C20H23N7O9S4. The molecule has 0 aliphatic rings. The molecule has 16 nitrogen and oxygen atoms in total. The lowest BCUT2D eigenvalue weighted by Gasteiger charge is -2.15. The van der Waals surface area contributed by atoms with Gasteiger partial charge in [0.05, 0.1) is 33.6 Å².